The number of aliphatic hydroxyl groups excluding tert-OH is 1. The summed E-state index contributed by atoms with van der Waals surface area (Å²) in [6, 6.07) is 9.28. The molecule has 1 aromatic rings. The maximum Gasteiger partial charge on any atom is 0.310 e. The Labute approximate surface area is 113 Å². The molecule has 0 aliphatic rings. The van der Waals surface area contributed by atoms with Crippen molar-refractivity contribution in [3.05, 3.63) is 35.4 Å². The predicted molar refractivity (Wildman–Crippen MR) is 70.7 cm³/mol. The molecule has 0 amide bonds. The van der Waals surface area contributed by atoms with Crippen molar-refractivity contribution in [1.82, 2.24) is 0 Å². The van der Waals surface area contributed by atoms with Gasteiger partial charge < -0.3 is 9.84 Å². The SMILES string of the molecule is CC(C(=O)OCc1ccc(CO)cc1)C(C)(C)C#N. The van der Waals surface area contributed by atoms with E-state index in [1.807, 2.05) is 0 Å². The maximum absolute atomic E-state index is 11.8. The van der Waals surface area contributed by atoms with Crippen molar-refractivity contribution in [3.63, 3.8) is 0 Å². The monoisotopic (exact) mass is 261 g/mol. The first-order valence-electron chi connectivity index (χ1n) is 6.17. The smallest absolute Gasteiger partial charge is 0.310 e. The Hall–Kier alpha value is -1.86. The topological polar surface area (TPSA) is 70.3 Å². The van der Waals surface area contributed by atoms with Crippen LogP contribution in [0.4, 0.5) is 0 Å². The molecule has 0 bridgehead atoms. The highest BCUT2D eigenvalue weighted by Crippen LogP contribution is 2.26. The van der Waals surface area contributed by atoms with Gasteiger partial charge >= 0.3 is 5.97 Å². The van der Waals surface area contributed by atoms with Crippen molar-refractivity contribution >= 4 is 5.97 Å². The Balaban J connectivity index is 2.57. The fraction of sp³-hybridized carbons (Fsp3) is 0.467. The van der Waals surface area contributed by atoms with E-state index < -0.39 is 11.3 Å². The number of hydrogen-bond donors (Lipinski definition) is 1. The van der Waals surface area contributed by atoms with Crippen molar-refractivity contribution in [3.8, 4) is 6.07 Å². The number of nitrogens with zero attached hydrogens (tertiary/aromatic N) is 1. The van der Waals surface area contributed by atoms with Crippen LogP contribution in [0.15, 0.2) is 24.3 Å². The molecule has 1 unspecified atom stereocenters. The molecule has 0 aliphatic heterocycles. The van der Waals surface area contributed by atoms with Gasteiger partial charge in [0.15, 0.2) is 0 Å². The summed E-state index contributed by atoms with van der Waals surface area (Å²) in [6.07, 6.45) is 0. The van der Waals surface area contributed by atoms with Gasteiger partial charge in [-0.15, -0.1) is 0 Å². The Morgan fingerprint density at radius 1 is 1.37 bits per heavy atom. The first-order chi connectivity index (χ1) is 8.90. The van der Waals surface area contributed by atoms with Gasteiger partial charge in [-0.05, 0) is 25.0 Å². The zero-order valence-electron chi connectivity index (χ0n) is 11.5. The Kier molecular flexibility index (Phi) is 5.08. The third-order valence-corrected chi connectivity index (χ3v) is 3.31. The number of carbonyl (C=O) groups is 1. The van der Waals surface area contributed by atoms with Gasteiger partial charge in [-0.1, -0.05) is 31.2 Å². The molecular weight excluding hydrogens is 242 g/mol. The fourth-order valence-electron chi connectivity index (χ4n) is 1.41. The molecule has 0 fully saturated rings. The highest BCUT2D eigenvalue weighted by molar-refractivity contribution is 5.73. The number of esters is 1. The van der Waals surface area contributed by atoms with E-state index in [1.165, 1.54) is 0 Å². The molecule has 1 rings (SSSR count). The summed E-state index contributed by atoms with van der Waals surface area (Å²) in [4.78, 5) is 11.8. The molecular formula is C15H19NO3. The van der Waals surface area contributed by atoms with Crippen LogP contribution >= 0.6 is 0 Å². The van der Waals surface area contributed by atoms with Crippen LogP contribution in [0.3, 0.4) is 0 Å². The minimum Gasteiger partial charge on any atom is -0.461 e. The molecule has 4 heteroatoms. The van der Waals surface area contributed by atoms with Crippen molar-refractivity contribution in [2.24, 2.45) is 11.3 Å². The molecule has 1 N–H and O–H groups in total. The van der Waals surface area contributed by atoms with Gasteiger partial charge in [0.05, 0.1) is 24.0 Å². The second-order valence-electron chi connectivity index (χ2n) is 5.14. The fourth-order valence-corrected chi connectivity index (χ4v) is 1.41. The largest absolute Gasteiger partial charge is 0.461 e. The second-order valence-corrected chi connectivity index (χ2v) is 5.14. The van der Waals surface area contributed by atoms with E-state index in [0.717, 1.165) is 11.1 Å². The summed E-state index contributed by atoms with van der Waals surface area (Å²) >= 11 is 0. The van der Waals surface area contributed by atoms with E-state index in [4.69, 9.17) is 15.1 Å². The number of carbonyl (C=O) groups excluding carboxylic acids is 1. The zero-order valence-corrected chi connectivity index (χ0v) is 11.5. The Bertz CT molecular complexity index is 471. The van der Waals surface area contributed by atoms with Crippen LogP contribution in [0.25, 0.3) is 0 Å². The van der Waals surface area contributed by atoms with Gasteiger partial charge in [0.1, 0.15) is 6.61 Å². The van der Waals surface area contributed by atoms with Crippen LogP contribution in [-0.2, 0) is 22.7 Å². The molecule has 4 nitrogen and oxygen atoms in total. The van der Waals surface area contributed by atoms with E-state index in [1.54, 1.807) is 45.0 Å². The number of nitriles is 1. The number of aliphatic hydroxyl groups is 1. The van der Waals surface area contributed by atoms with Gasteiger partial charge in [0.2, 0.25) is 0 Å². The van der Waals surface area contributed by atoms with Gasteiger partial charge in [0, 0.05) is 0 Å². The van der Waals surface area contributed by atoms with E-state index in [-0.39, 0.29) is 19.2 Å². The van der Waals surface area contributed by atoms with Crippen LogP contribution in [0, 0.1) is 22.7 Å². The number of ether oxygens (including phenoxy) is 1. The van der Waals surface area contributed by atoms with E-state index in [0.29, 0.717) is 0 Å². The predicted octanol–water partition coefficient (Wildman–Crippen LogP) is 2.41. The van der Waals surface area contributed by atoms with Crippen LogP contribution in [0.2, 0.25) is 0 Å². The number of rotatable bonds is 5. The van der Waals surface area contributed by atoms with Gasteiger partial charge in [-0.2, -0.15) is 5.26 Å². The summed E-state index contributed by atoms with van der Waals surface area (Å²) < 4.78 is 5.20. The lowest BCUT2D eigenvalue weighted by Gasteiger charge is -2.22. The van der Waals surface area contributed by atoms with Gasteiger partial charge in [-0.3, -0.25) is 4.79 Å². The third kappa shape index (κ3) is 4.08. The first-order valence-corrected chi connectivity index (χ1v) is 6.17. The molecule has 1 aromatic carbocycles. The number of hydrogen-bond acceptors (Lipinski definition) is 4. The lowest BCUT2D eigenvalue weighted by atomic mass is 9.81. The third-order valence-electron chi connectivity index (χ3n) is 3.31. The molecule has 0 spiro atoms. The Morgan fingerprint density at radius 3 is 2.37 bits per heavy atom. The summed E-state index contributed by atoms with van der Waals surface area (Å²) in [7, 11) is 0. The van der Waals surface area contributed by atoms with Crippen molar-refractivity contribution in [1.29, 1.82) is 5.26 Å². The van der Waals surface area contributed by atoms with Gasteiger partial charge in [-0.25, -0.2) is 0 Å². The molecule has 1 atom stereocenters. The second kappa shape index (κ2) is 6.35. The quantitative estimate of drug-likeness (QED) is 0.826. The summed E-state index contributed by atoms with van der Waals surface area (Å²) in [5.41, 5.74) is 0.930. The highest BCUT2D eigenvalue weighted by atomic mass is 16.5. The number of benzene rings is 1. The van der Waals surface area contributed by atoms with E-state index >= 15 is 0 Å². The standard InChI is InChI=1S/C15H19NO3/c1-11(15(2,3)10-16)14(18)19-9-13-6-4-12(8-17)5-7-13/h4-7,11,17H,8-9H2,1-3H3. The normalized spacial score (nSPS) is 12.6. The van der Waals surface area contributed by atoms with Crippen LogP contribution in [0.5, 0.6) is 0 Å². The molecule has 0 aliphatic carbocycles. The molecule has 0 saturated heterocycles. The summed E-state index contributed by atoms with van der Waals surface area (Å²) in [5, 5.41) is 17.9. The average molecular weight is 261 g/mol. The van der Waals surface area contributed by atoms with E-state index in [2.05, 4.69) is 6.07 Å². The zero-order chi connectivity index (χ0) is 14.5. The molecule has 0 radical (unpaired) electrons. The molecule has 0 aromatic heterocycles. The van der Waals surface area contributed by atoms with E-state index in [9.17, 15) is 4.79 Å². The lowest BCUT2D eigenvalue weighted by molar-refractivity contribution is -0.152. The Morgan fingerprint density at radius 2 is 1.89 bits per heavy atom. The average Bonchev–Trinajstić information content (AvgIpc) is 2.44. The maximum atomic E-state index is 11.8. The van der Waals surface area contributed by atoms with Crippen molar-refractivity contribution < 1.29 is 14.6 Å². The van der Waals surface area contributed by atoms with Gasteiger partial charge in [0.25, 0.3) is 0 Å². The van der Waals surface area contributed by atoms with Crippen molar-refractivity contribution in [2.45, 2.75) is 34.0 Å². The minimum absolute atomic E-state index is 0.00649. The summed E-state index contributed by atoms with van der Waals surface area (Å²) in [5.74, 6) is -0.855. The molecule has 0 saturated carbocycles. The van der Waals surface area contributed by atoms with Crippen LogP contribution in [0.1, 0.15) is 31.9 Å². The van der Waals surface area contributed by atoms with Crippen LogP contribution in [-0.4, -0.2) is 11.1 Å². The minimum atomic E-state index is -0.738. The molecule has 19 heavy (non-hydrogen) atoms. The molecule has 102 valence electrons. The summed E-state index contributed by atoms with van der Waals surface area (Å²) in [6.45, 7) is 5.30. The lowest BCUT2D eigenvalue weighted by Crippen LogP contribution is -2.28. The van der Waals surface area contributed by atoms with Crippen LogP contribution < -0.4 is 0 Å². The highest BCUT2D eigenvalue weighted by Gasteiger charge is 2.32. The molecule has 0 heterocycles. The first kappa shape index (κ1) is 15.2. The van der Waals surface area contributed by atoms with Crippen molar-refractivity contribution in [2.75, 3.05) is 0 Å².